The van der Waals surface area contributed by atoms with E-state index in [0.29, 0.717) is 19.0 Å². The summed E-state index contributed by atoms with van der Waals surface area (Å²) in [5.74, 6) is 0.226. The summed E-state index contributed by atoms with van der Waals surface area (Å²) in [5, 5.41) is 4.04. The van der Waals surface area contributed by atoms with Gasteiger partial charge in [0.1, 0.15) is 12.7 Å². The monoisotopic (exact) mass is 284 g/mol. The average Bonchev–Trinajstić information content (AvgIpc) is 3.17. The van der Waals surface area contributed by atoms with Crippen LogP contribution in [0.1, 0.15) is 24.8 Å². The largest absolute Gasteiger partial charge is 0.339 e. The predicted molar refractivity (Wildman–Crippen MR) is 79.5 cm³/mol. The molecule has 1 aromatic carbocycles. The number of amides is 1. The highest BCUT2D eigenvalue weighted by Gasteiger charge is 2.28. The summed E-state index contributed by atoms with van der Waals surface area (Å²) in [6.45, 7) is 1.49. The van der Waals surface area contributed by atoms with E-state index in [9.17, 15) is 4.79 Å². The first-order valence-electron chi connectivity index (χ1n) is 7.49. The van der Waals surface area contributed by atoms with Gasteiger partial charge >= 0.3 is 0 Å². The van der Waals surface area contributed by atoms with Crippen molar-refractivity contribution in [1.29, 1.82) is 0 Å². The highest BCUT2D eigenvalue weighted by Crippen LogP contribution is 2.22. The molecule has 110 valence electrons. The van der Waals surface area contributed by atoms with Crippen molar-refractivity contribution >= 4 is 5.91 Å². The second kappa shape index (κ2) is 6.52. The smallest absolute Gasteiger partial charge is 0.224 e. The van der Waals surface area contributed by atoms with E-state index in [2.05, 4.69) is 34.3 Å². The van der Waals surface area contributed by atoms with Crippen molar-refractivity contribution in [2.24, 2.45) is 0 Å². The molecule has 1 fully saturated rings. The summed E-state index contributed by atoms with van der Waals surface area (Å²) in [6.07, 6.45) is 6.80. The number of benzene rings is 1. The topological polar surface area (TPSA) is 51.0 Å². The fraction of sp³-hybridized carbons (Fsp3) is 0.438. The lowest BCUT2D eigenvalue weighted by atomic mass is 10.0. The van der Waals surface area contributed by atoms with Gasteiger partial charge in [-0.2, -0.15) is 5.10 Å². The number of hydrogen-bond donors (Lipinski definition) is 0. The van der Waals surface area contributed by atoms with Gasteiger partial charge < -0.3 is 4.90 Å². The number of carbonyl (C=O) groups excluding carboxylic acids is 1. The number of aromatic nitrogens is 3. The Morgan fingerprint density at radius 1 is 1.29 bits per heavy atom. The van der Waals surface area contributed by atoms with Crippen LogP contribution in [0, 0.1) is 0 Å². The molecular weight excluding hydrogens is 264 g/mol. The molecule has 1 unspecified atom stereocenters. The first kappa shape index (κ1) is 13.8. The molecule has 3 rings (SSSR count). The van der Waals surface area contributed by atoms with E-state index in [1.165, 1.54) is 11.9 Å². The van der Waals surface area contributed by atoms with Crippen LogP contribution >= 0.6 is 0 Å². The fourth-order valence-corrected chi connectivity index (χ4v) is 2.96. The molecule has 5 nitrogen and oxygen atoms in total. The van der Waals surface area contributed by atoms with Gasteiger partial charge in [-0.1, -0.05) is 30.3 Å². The minimum Gasteiger partial charge on any atom is -0.339 e. The Hall–Kier alpha value is -2.17. The minimum atomic E-state index is 0.226. The summed E-state index contributed by atoms with van der Waals surface area (Å²) in [4.78, 5) is 18.3. The van der Waals surface area contributed by atoms with Gasteiger partial charge in [-0.25, -0.2) is 4.98 Å². The summed E-state index contributed by atoms with van der Waals surface area (Å²) in [5.41, 5.74) is 1.30. The number of rotatable bonds is 5. The summed E-state index contributed by atoms with van der Waals surface area (Å²) in [7, 11) is 0. The van der Waals surface area contributed by atoms with Crippen LogP contribution in [0.5, 0.6) is 0 Å². The molecule has 1 saturated heterocycles. The maximum atomic E-state index is 12.4. The van der Waals surface area contributed by atoms with Crippen LogP contribution in [-0.4, -0.2) is 38.2 Å². The molecule has 1 atom stereocenters. The Balaban J connectivity index is 1.57. The van der Waals surface area contributed by atoms with Gasteiger partial charge in [0.15, 0.2) is 0 Å². The van der Waals surface area contributed by atoms with Crippen LogP contribution < -0.4 is 0 Å². The molecule has 1 aliphatic rings. The Morgan fingerprint density at radius 3 is 2.90 bits per heavy atom. The van der Waals surface area contributed by atoms with Gasteiger partial charge in [0, 0.05) is 19.0 Å². The van der Waals surface area contributed by atoms with E-state index in [4.69, 9.17) is 0 Å². The molecule has 2 aromatic rings. The molecule has 1 aliphatic heterocycles. The Bertz CT molecular complexity index is 567. The summed E-state index contributed by atoms with van der Waals surface area (Å²) < 4.78 is 1.71. The normalized spacial score (nSPS) is 18.1. The lowest BCUT2D eigenvalue weighted by Gasteiger charge is -2.25. The number of likely N-dealkylation sites (tertiary alicyclic amines) is 1. The Kier molecular flexibility index (Phi) is 4.28. The molecule has 0 aliphatic carbocycles. The quantitative estimate of drug-likeness (QED) is 0.842. The highest BCUT2D eigenvalue weighted by atomic mass is 16.2. The summed E-state index contributed by atoms with van der Waals surface area (Å²) in [6, 6.07) is 10.8. The number of nitrogens with zero attached hydrogens (tertiary/aromatic N) is 4. The van der Waals surface area contributed by atoms with E-state index >= 15 is 0 Å². The number of hydrogen-bond acceptors (Lipinski definition) is 3. The van der Waals surface area contributed by atoms with Crippen LogP contribution in [0.4, 0.5) is 0 Å². The van der Waals surface area contributed by atoms with Crippen LogP contribution in [0.2, 0.25) is 0 Å². The van der Waals surface area contributed by atoms with Crippen molar-refractivity contribution in [3.63, 3.8) is 0 Å². The van der Waals surface area contributed by atoms with Crippen LogP contribution in [0.25, 0.3) is 0 Å². The number of carbonyl (C=O) groups is 1. The molecule has 0 saturated carbocycles. The molecule has 2 heterocycles. The van der Waals surface area contributed by atoms with E-state index in [0.717, 1.165) is 25.8 Å². The van der Waals surface area contributed by atoms with E-state index in [-0.39, 0.29) is 5.91 Å². The third-order valence-electron chi connectivity index (χ3n) is 4.03. The molecule has 1 amide bonds. The number of aryl methyl sites for hydroxylation is 1. The third-order valence-corrected chi connectivity index (χ3v) is 4.03. The van der Waals surface area contributed by atoms with Crippen molar-refractivity contribution < 1.29 is 4.79 Å². The van der Waals surface area contributed by atoms with Crippen molar-refractivity contribution in [2.45, 2.75) is 38.3 Å². The van der Waals surface area contributed by atoms with E-state index in [1.54, 1.807) is 11.0 Å². The van der Waals surface area contributed by atoms with Crippen molar-refractivity contribution in [3.8, 4) is 0 Å². The fourth-order valence-electron chi connectivity index (χ4n) is 2.96. The van der Waals surface area contributed by atoms with Gasteiger partial charge in [-0.05, 0) is 24.8 Å². The van der Waals surface area contributed by atoms with Gasteiger partial charge in [-0.3, -0.25) is 9.48 Å². The molecule has 0 bridgehead atoms. The molecule has 5 heteroatoms. The van der Waals surface area contributed by atoms with E-state index in [1.807, 2.05) is 11.0 Å². The average molecular weight is 284 g/mol. The highest BCUT2D eigenvalue weighted by molar-refractivity contribution is 5.76. The van der Waals surface area contributed by atoms with Crippen molar-refractivity contribution in [2.75, 3.05) is 6.54 Å². The minimum absolute atomic E-state index is 0.226. The van der Waals surface area contributed by atoms with Crippen molar-refractivity contribution in [3.05, 3.63) is 48.5 Å². The first-order chi connectivity index (χ1) is 10.3. The zero-order valence-electron chi connectivity index (χ0n) is 12.1. The van der Waals surface area contributed by atoms with Crippen molar-refractivity contribution in [1.82, 2.24) is 19.7 Å². The second-order valence-electron chi connectivity index (χ2n) is 5.48. The Labute approximate surface area is 124 Å². The SMILES string of the molecule is O=C(CCn1cncn1)N1CCCC1Cc1ccccc1. The molecule has 0 radical (unpaired) electrons. The van der Waals surface area contributed by atoms with Crippen LogP contribution in [0.3, 0.4) is 0 Å². The van der Waals surface area contributed by atoms with Gasteiger partial charge in [0.05, 0.1) is 6.54 Å². The third kappa shape index (κ3) is 3.48. The molecule has 1 aromatic heterocycles. The predicted octanol–water partition coefficient (Wildman–Crippen LogP) is 1.90. The lowest BCUT2D eigenvalue weighted by molar-refractivity contribution is -0.132. The lowest BCUT2D eigenvalue weighted by Crippen LogP contribution is -2.37. The Morgan fingerprint density at radius 2 is 2.14 bits per heavy atom. The molecule has 0 N–H and O–H groups in total. The standard InChI is InChI=1S/C16H20N4O/c21-16(8-10-19-13-17-12-18-19)20-9-4-7-15(20)11-14-5-2-1-3-6-14/h1-3,5-6,12-13,15H,4,7-11H2. The molecule has 21 heavy (non-hydrogen) atoms. The van der Waals surface area contributed by atoms with Crippen LogP contribution in [-0.2, 0) is 17.8 Å². The first-order valence-corrected chi connectivity index (χ1v) is 7.49. The zero-order valence-corrected chi connectivity index (χ0v) is 12.1. The van der Waals surface area contributed by atoms with E-state index < -0.39 is 0 Å². The van der Waals surface area contributed by atoms with Crippen LogP contribution in [0.15, 0.2) is 43.0 Å². The summed E-state index contributed by atoms with van der Waals surface area (Å²) >= 11 is 0. The van der Waals surface area contributed by atoms with Gasteiger partial charge in [-0.15, -0.1) is 0 Å². The van der Waals surface area contributed by atoms with Gasteiger partial charge in [0.2, 0.25) is 5.91 Å². The maximum Gasteiger partial charge on any atom is 0.224 e. The molecule has 0 spiro atoms. The maximum absolute atomic E-state index is 12.4. The van der Waals surface area contributed by atoms with Gasteiger partial charge in [0.25, 0.3) is 0 Å². The zero-order chi connectivity index (χ0) is 14.5. The molecular formula is C16H20N4O. The second-order valence-corrected chi connectivity index (χ2v) is 5.48.